The summed E-state index contributed by atoms with van der Waals surface area (Å²) in [6.07, 6.45) is 0. The van der Waals surface area contributed by atoms with Gasteiger partial charge in [-0.1, -0.05) is 47.6 Å². The van der Waals surface area contributed by atoms with Gasteiger partial charge in [0.1, 0.15) is 0 Å². The number of benzene rings is 3. The molecule has 0 saturated heterocycles. The number of rotatable bonds is 3. The van der Waals surface area contributed by atoms with Crippen molar-refractivity contribution in [3.8, 4) is 11.4 Å². The lowest BCUT2D eigenvalue weighted by Gasteiger charge is -2.10. The molecule has 0 aliphatic carbocycles. The highest BCUT2D eigenvalue weighted by atomic mass is 16.5. The van der Waals surface area contributed by atoms with Crippen LogP contribution < -0.4 is 5.73 Å². The summed E-state index contributed by atoms with van der Waals surface area (Å²) < 4.78 is 5.52. The molecule has 4 heteroatoms. The first-order chi connectivity index (χ1) is 11.7. The fraction of sp³-hybridized carbons (Fsp3) is 0.100. The molecule has 0 bridgehead atoms. The highest BCUT2D eigenvalue weighted by molar-refractivity contribution is 5.86. The van der Waals surface area contributed by atoms with Crippen LogP contribution in [-0.2, 0) is 0 Å². The van der Waals surface area contributed by atoms with E-state index >= 15 is 0 Å². The molecule has 0 aliphatic heterocycles. The SMILES string of the molecule is CC(c1nc(-c2ccc(N)cc2)no1)c1cccc2ccccc12. The molecule has 1 unspecified atom stereocenters. The minimum atomic E-state index is 0.0196. The Balaban J connectivity index is 1.72. The minimum Gasteiger partial charge on any atom is -0.399 e. The molecule has 1 aromatic heterocycles. The zero-order valence-electron chi connectivity index (χ0n) is 13.3. The van der Waals surface area contributed by atoms with Gasteiger partial charge in [0.15, 0.2) is 0 Å². The van der Waals surface area contributed by atoms with Crippen molar-refractivity contribution in [2.75, 3.05) is 5.73 Å². The van der Waals surface area contributed by atoms with Crippen LogP contribution in [-0.4, -0.2) is 10.1 Å². The van der Waals surface area contributed by atoms with Crippen molar-refractivity contribution in [1.82, 2.24) is 10.1 Å². The molecule has 0 amide bonds. The fourth-order valence-corrected chi connectivity index (χ4v) is 2.92. The van der Waals surface area contributed by atoms with Crippen LogP contribution in [0.1, 0.15) is 24.3 Å². The van der Waals surface area contributed by atoms with E-state index in [4.69, 9.17) is 10.3 Å². The molecule has 0 radical (unpaired) electrons. The summed E-state index contributed by atoms with van der Waals surface area (Å²) >= 11 is 0. The van der Waals surface area contributed by atoms with Crippen LogP contribution >= 0.6 is 0 Å². The average molecular weight is 315 g/mol. The molecule has 0 saturated carbocycles. The molecule has 0 spiro atoms. The van der Waals surface area contributed by atoms with Crippen LogP contribution in [0.5, 0.6) is 0 Å². The molecule has 3 aromatic carbocycles. The largest absolute Gasteiger partial charge is 0.399 e. The van der Waals surface area contributed by atoms with Crippen LogP contribution in [0.4, 0.5) is 5.69 Å². The van der Waals surface area contributed by atoms with E-state index < -0.39 is 0 Å². The van der Waals surface area contributed by atoms with Gasteiger partial charge in [0.2, 0.25) is 11.7 Å². The Kier molecular flexibility index (Phi) is 3.50. The fourth-order valence-electron chi connectivity index (χ4n) is 2.92. The number of aromatic nitrogens is 2. The van der Waals surface area contributed by atoms with Gasteiger partial charge in [-0.05, 0) is 47.5 Å². The smallest absolute Gasteiger partial charge is 0.234 e. The van der Waals surface area contributed by atoms with E-state index in [1.165, 1.54) is 16.3 Å². The monoisotopic (exact) mass is 315 g/mol. The standard InChI is InChI=1S/C20H17N3O/c1-13(17-8-4-6-14-5-2-3-7-18(14)17)20-22-19(23-24-20)15-9-11-16(21)12-10-15/h2-13H,21H2,1H3. The third-order valence-corrected chi connectivity index (χ3v) is 4.27. The second-order valence-corrected chi connectivity index (χ2v) is 5.87. The first kappa shape index (κ1) is 14.5. The lowest BCUT2D eigenvalue weighted by atomic mass is 9.95. The number of nitrogen functional groups attached to an aromatic ring is 1. The Morgan fingerprint density at radius 1 is 0.917 bits per heavy atom. The van der Waals surface area contributed by atoms with E-state index in [1.54, 1.807) is 0 Å². The van der Waals surface area contributed by atoms with Crippen molar-refractivity contribution in [2.24, 2.45) is 0 Å². The van der Waals surface area contributed by atoms with E-state index in [2.05, 4.69) is 47.4 Å². The third-order valence-electron chi connectivity index (χ3n) is 4.27. The van der Waals surface area contributed by atoms with Crippen molar-refractivity contribution in [1.29, 1.82) is 0 Å². The maximum absolute atomic E-state index is 5.72. The van der Waals surface area contributed by atoms with Crippen LogP contribution in [0.25, 0.3) is 22.2 Å². The number of nitrogens with zero attached hydrogens (tertiary/aromatic N) is 2. The molecule has 4 rings (SSSR count). The summed E-state index contributed by atoms with van der Waals surface area (Å²) in [5, 5.41) is 6.53. The van der Waals surface area contributed by atoms with Crippen molar-refractivity contribution >= 4 is 16.5 Å². The summed E-state index contributed by atoms with van der Waals surface area (Å²) in [7, 11) is 0. The maximum atomic E-state index is 5.72. The Hall–Kier alpha value is -3.14. The van der Waals surface area contributed by atoms with Gasteiger partial charge >= 0.3 is 0 Å². The van der Waals surface area contributed by atoms with E-state index in [9.17, 15) is 0 Å². The van der Waals surface area contributed by atoms with Gasteiger partial charge in [-0.25, -0.2) is 0 Å². The van der Waals surface area contributed by atoms with Crippen LogP contribution in [0.3, 0.4) is 0 Å². The number of nitrogens with two attached hydrogens (primary N) is 1. The Bertz CT molecular complexity index is 984. The maximum Gasteiger partial charge on any atom is 0.234 e. The lowest BCUT2D eigenvalue weighted by Crippen LogP contribution is -1.97. The first-order valence-corrected chi connectivity index (χ1v) is 7.89. The Morgan fingerprint density at radius 3 is 2.50 bits per heavy atom. The van der Waals surface area contributed by atoms with Gasteiger partial charge in [-0.15, -0.1) is 0 Å². The van der Waals surface area contributed by atoms with Crippen LogP contribution in [0, 0.1) is 0 Å². The normalized spacial score (nSPS) is 12.4. The second-order valence-electron chi connectivity index (χ2n) is 5.87. The van der Waals surface area contributed by atoms with Crippen LogP contribution in [0.15, 0.2) is 71.3 Å². The summed E-state index contributed by atoms with van der Waals surface area (Å²) in [6, 6.07) is 22.1. The molecule has 4 nitrogen and oxygen atoms in total. The van der Waals surface area contributed by atoms with Gasteiger partial charge in [0.05, 0.1) is 5.92 Å². The number of fused-ring (bicyclic) bond motifs is 1. The number of anilines is 1. The van der Waals surface area contributed by atoms with Gasteiger partial charge in [0, 0.05) is 11.3 Å². The quantitative estimate of drug-likeness (QED) is 0.560. The van der Waals surface area contributed by atoms with E-state index in [-0.39, 0.29) is 5.92 Å². The summed E-state index contributed by atoms with van der Waals surface area (Å²) in [6.45, 7) is 2.09. The summed E-state index contributed by atoms with van der Waals surface area (Å²) in [5.41, 5.74) is 8.51. The highest BCUT2D eigenvalue weighted by Crippen LogP contribution is 2.30. The topological polar surface area (TPSA) is 64.9 Å². The zero-order chi connectivity index (χ0) is 16.5. The Morgan fingerprint density at radius 2 is 1.67 bits per heavy atom. The molecule has 0 fully saturated rings. The first-order valence-electron chi connectivity index (χ1n) is 7.89. The van der Waals surface area contributed by atoms with Crippen molar-refractivity contribution < 1.29 is 4.52 Å². The van der Waals surface area contributed by atoms with Gasteiger partial charge in [-0.2, -0.15) is 4.98 Å². The van der Waals surface area contributed by atoms with Crippen molar-refractivity contribution in [2.45, 2.75) is 12.8 Å². The molecule has 0 aliphatic rings. The molecule has 118 valence electrons. The second kappa shape index (κ2) is 5.81. The average Bonchev–Trinajstić information content (AvgIpc) is 3.11. The number of hydrogen-bond acceptors (Lipinski definition) is 4. The predicted octanol–water partition coefficient (Wildman–Crippen LogP) is 4.62. The van der Waals surface area contributed by atoms with Gasteiger partial charge in [0.25, 0.3) is 0 Å². The van der Waals surface area contributed by atoms with E-state index in [0.717, 1.165) is 5.56 Å². The van der Waals surface area contributed by atoms with E-state index in [1.807, 2.05) is 36.4 Å². The highest BCUT2D eigenvalue weighted by Gasteiger charge is 2.18. The van der Waals surface area contributed by atoms with Crippen molar-refractivity contribution in [3.05, 3.63) is 78.2 Å². The predicted molar refractivity (Wildman–Crippen MR) is 95.6 cm³/mol. The van der Waals surface area contributed by atoms with Crippen LogP contribution in [0.2, 0.25) is 0 Å². The van der Waals surface area contributed by atoms with Gasteiger partial charge in [-0.3, -0.25) is 0 Å². The Labute approximate surface area is 139 Å². The molecule has 1 heterocycles. The molecular weight excluding hydrogens is 298 g/mol. The zero-order valence-corrected chi connectivity index (χ0v) is 13.3. The van der Waals surface area contributed by atoms with E-state index in [0.29, 0.717) is 17.4 Å². The summed E-state index contributed by atoms with van der Waals surface area (Å²) in [5.74, 6) is 1.21. The molecule has 1 atom stereocenters. The number of hydrogen-bond donors (Lipinski definition) is 1. The summed E-state index contributed by atoms with van der Waals surface area (Å²) in [4.78, 5) is 4.57. The lowest BCUT2D eigenvalue weighted by molar-refractivity contribution is 0.371. The minimum absolute atomic E-state index is 0.0196. The molecule has 2 N–H and O–H groups in total. The third kappa shape index (κ3) is 2.52. The molecular formula is C20H17N3O. The van der Waals surface area contributed by atoms with Gasteiger partial charge < -0.3 is 10.3 Å². The molecule has 4 aromatic rings. The van der Waals surface area contributed by atoms with Crippen molar-refractivity contribution in [3.63, 3.8) is 0 Å². The molecule has 24 heavy (non-hydrogen) atoms.